The van der Waals surface area contributed by atoms with Crippen LogP contribution in [0.2, 0.25) is 0 Å². The number of amides is 1. The Balaban J connectivity index is 1.88. The number of halogens is 1. The third-order valence-electron chi connectivity index (χ3n) is 3.88. The van der Waals surface area contributed by atoms with Crippen LogP contribution < -0.4 is 0 Å². The number of benzene rings is 1. The van der Waals surface area contributed by atoms with Gasteiger partial charge < -0.3 is 4.90 Å². The Morgan fingerprint density at radius 1 is 1.15 bits per heavy atom. The van der Waals surface area contributed by atoms with E-state index in [-0.39, 0.29) is 35.1 Å². The fourth-order valence-corrected chi connectivity index (χ4v) is 4.46. The van der Waals surface area contributed by atoms with Crippen molar-refractivity contribution >= 4 is 15.7 Å². The zero-order valence-electron chi connectivity index (χ0n) is 11.0. The molecule has 1 saturated carbocycles. The number of hydrogen-bond acceptors (Lipinski definition) is 3. The van der Waals surface area contributed by atoms with Crippen LogP contribution in [-0.2, 0) is 9.84 Å². The van der Waals surface area contributed by atoms with E-state index in [2.05, 4.69) is 0 Å². The summed E-state index contributed by atoms with van der Waals surface area (Å²) >= 11 is 0. The summed E-state index contributed by atoms with van der Waals surface area (Å²) in [5.41, 5.74) is 0.0312. The van der Waals surface area contributed by atoms with Gasteiger partial charge in [0.15, 0.2) is 9.84 Å². The van der Waals surface area contributed by atoms with Crippen molar-refractivity contribution in [1.29, 1.82) is 0 Å². The molecule has 1 aromatic carbocycles. The highest BCUT2D eigenvalue weighted by Gasteiger charge is 2.42. The van der Waals surface area contributed by atoms with Gasteiger partial charge in [-0.2, -0.15) is 0 Å². The van der Waals surface area contributed by atoms with Crippen LogP contribution in [0.4, 0.5) is 4.39 Å². The molecule has 2 aliphatic rings. The van der Waals surface area contributed by atoms with Crippen molar-refractivity contribution in [1.82, 2.24) is 4.90 Å². The third-order valence-corrected chi connectivity index (χ3v) is 5.63. The lowest BCUT2D eigenvalue weighted by molar-refractivity contribution is 0.0676. The normalized spacial score (nSPS) is 24.6. The fraction of sp³-hybridized carbons (Fsp3) is 0.500. The van der Waals surface area contributed by atoms with Crippen LogP contribution in [0.15, 0.2) is 24.3 Å². The highest BCUT2D eigenvalue weighted by atomic mass is 32.2. The lowest BCUT2D eigenvalue weighted by Gasteiger charge is -2.28. The number of rotatable bonds is 3. The number of carbonyl (C=O) groups excluding carboxylic acids is 1. The van der Waals surface area contributed by atoms with Gasteiger partial charge in [-0.3, -0.25) is 4.79 Å². The Hall–Kier alpha value is -1.43. The minimum absolute atomic E-state index is 0.00366. The van der Waals surface area contributed by atoms with Crippen molar-refractivity contribution in [2.45, 2.75) is 31.3 Å². The van der Waals surface area contributed by atoms with E-state index in [0.717, 1.165) is 12.8 Å². The third kappa shape index (κ3) is 2.57. The molecule has 0 radical (unpaired) electrons. The van der Waals surface area contributed by atoms with E-state index < -0.39 is 15.7 Å². The predicted molar refractivity (Wildman–Crippen MR) is 72.7 cm³/mol. The summed E-state index contributed by atoms with van der Waals surface area (Å²) in [7, 11) is -3.06. The molecule has 1 saturated heterocycles. The molecule has 108 valence electrons. The van der Waals surface area contributed by atoms with Crippen LogP contribution >= 0.6 is 0 Å². The van der Waals surface area contributed by atoms with E-state index in [1.807, 2.05) is 0 Å². The van der Waals surface area contributed by atoms with E-state index >= 15 is 0 Å². The first-order valence-corrected chi connectivity index (χ1v) is 8.58. The van der Waals surface area contributed by atoms with Crippen molar-refractivity contribution in [3.63, 3.8) is 0 Å². The molecule has 6 heteroatoms. The first kappa shape index (κ1) is 13.5. The molecule has 2 fully saturated rings. The maximum Gasteiger partial charge on any atom is 0.257 e. The van der Waals surface area contributed by atoms with Gasteiger partial charge in [-0.15, -0.1) is 0 Å². The van der Waals surface area contributed by atoms with Crippen molar-refractivity contribution in [3.8, 4) is 0 Å². The predicted octanol–water partition coefficient (Wildman–Crippen LogP) is 1.62. The average Bonchev–Trinajstić information content (AvgIpc) is 3.15. The lowest BCUT2D eigenvalue weighted by atomic mass is 10.1. The summed E-state index contributed by atoms with van der Waals surface area (Å²) in [4.78, 5) is 14.1. The number of nitrogens with zero attached hydrogens (tertiary/aromatic N) is 1. The Kier molecular flexibility index (Phi) is 3.28. The summed E-state index contributed by atoms with van der Waals surface area (Å²) in [5.74, 6) is -0.813. The molecule has 1 aliphatic carbocycles. The summed E-state index contributed by atoms with van der Waals surface area (Å²) in [6.07, 6.45) is 2.20. The topological polar surface area (TPSA) is 54.5 Å². The molecule has 1 unspecified atom stereocenters. The van der Waals surface area contributed by atoms with Crippen LogP contribution in [0.25, 0.3) is 0 Å². The van der Waals surface area contributed by atoms with Crippen molar-refractivity contribution in [3.05, 3.63) is 35.6 Å². The Morgan fingerprint density at radius 2 is 1.85 bits per heavy atom. The molecular weight excluding hydrogens is 281 g/mol. The zero-order chi connectivity index (χ0) is 14.3. The molecule has 0 aromatic heterocycles. The van der Waals surface area contributed by atoms with E-state index in [0.29, 0.717) is 6.42 Å². The van der Waals surface area contributed by atoms with Gasteiger partial charge >= 0.3 is 0 Å². The van der Waals surface area contributed by atoms with Crippen LogP contribution in [0.1, 0.15) is 29.6 Å². The van der Waals surface area contributed by atoms with Crippen LogP contribution in [-0.4, -0.2) is 42.8 Å². The molecule has 0 spiro atoms. The van der Waals surface area contributed by atoms with Gasteiger partial charge in [-0.1, -0.05) is 12.1 Å². The summed E-state index contributed by atoms with van der Waals surface area (Å²) in [5, 5.41) is 0. The van der Waals surface area contributed by atoms with E-state index in [1.54, 1.807) is 11.0 Å². The van der Waals surface area contributed by atoms with Gasteiger partial charge in [0.25, 0.3) is 5.91 Å². The number of hydrogen-bond donors (Lipinski definition) is 0. The standard InChI is InChI=1S/C14H16FNO3S/c15-13-4-2-1-3-12(13)14(17)16(10-5-6-10)11-7-8-20(18,19)9-11/h1-4,10-11H,5-9H2. The molecule has 0 bridgehead atoms. The molecule has 1 aliphatic heterocycles. The van der Waals surface area contributed by atoms with Gasteiger partial charge in [0.1, 0.15) is 5.82 Å². The van der Waals surface area contributed by atoms with Crippen molar-refractivity contribution in [2.24, 2.45) is 0 Å². The zero-order valence-corrected chi connectivity index (χ0v) is 11.8. The van der Waals surface area contributed by atoms with E-state index in [4.69, 9.17) is 0 Å². The van der Waals surface area contributed by atoms with Crippen molar-refractivity contribution in [2.75, 3.05) is 11.5 Å². The minimum Gasteiger partial charge on any atom is -0.332 e. The smallest absolute Gasteiger partial charge is 0.257 e. The molecular formula is C14H16FNO3S. The van der Waals surface area contributed by atoms with Gasteiger partial charge in [0, 0.05) is 12.1 Å². The lowest BCUT2D eigenvalue weighted by Crippen LogP contribution is -2.43. The molecule has 3 rings (SSSR count). The number of sulfone groups is 1. The second-order valence-electron chi connectivity index (χ2n) is 5.48. The quantitative estimate of drug-likeness (QED) is 0.852. The molecule has 1 amide bonds. The van der Waals surface area contributed by atoms with Gasteiger partial charge in [0.05, 0.1) is 17.1 Å². The van der Waals surface area contributed by atoms with Crippen molar-refractivity contribution < 1.29 is 17.6 Å². The second kappa shape index (κ2) is 4.84. The average molecular weight is 297 g/mol. The minimum atomic E-state index is -3.06. The summed E-state index contributed by atoms with van der Waals surface area (Å²) < 4.78 is 37.0. The Labute approximate surface area is 117 Å². The maximum atomic E-state index is 13.8. The largest absolute Gasteiger partial charge is 0.332 e. The van der Waals surface area contributed by atoms with E-state index in [1.165, 1.54) is 18.2 Å². The van der Waals surface area contributed by atoms with Gasteiger partial charge in [0.2, 0.25) is 0 Å². The van der Waals surface area contributed by atoms with E-state index in [9.17, 15) is 17.6 Å². The maximum absolute atomic E-state index is 13.8. The summed E-state index contributed by atoms with van der Waals surface area (Å²) in [6, 6.07) is 5.63. The summed E-state index contributed by atoms with van der Waals surface area (Å²) in [6.45, 7) is 0. The molecule has 4 nitrogen and oxygen atoms in total. The Bertz CT molecular complexity index is 640. The van der Waals surface area contributed by atoms with Gasteiger partial charge in [-0.25, -0.2) is 12.8 Å². The highest BCUT2D eigenvalue weighted by molar-refractivity contribution is 7.91. The highest BCUT2D eigenvalue weighted by Crippen LogP contribution is 2.33. The molecule has 20 heavy (non-hydrogen) atoms. The molecule has 0 N–H and O–H groups in total. The molecule has 1 atom stereocenters. The van der Waals surface area contributed by atoms with Crippen LogP contribution in [0, 0.1) is 5.82 Å². The fourth-order valence-electron chi connectivity index (χ4n) is 2.75. The number of carbonyl (C=O) groups is 1. The first-order valence-electron chi connectivity index (χ1n) is 6.75. The molecule has 1 heterocycles. The van der Waals surface area contributed by atoms with Gasteiger partial charge in [-0.05, 0) is 31.4 Å². The monoisotopic (exact) mass is 297 g/mol. The second-order valence-corrected chi connectivity index (χ2v) is 7.71. The molecule has 1 aromatic rings. The Morgan fingerprint density at radius 3 is 2.40 bits per heavy atom. The SMILES string of the molecule is O=C(c1ccccc1F)N(C1CC1)C1CCS(=O)(=O)C1. The van der Waals surface area contributed by atoms with Crippen LogP contribution in [0.3, 0.4) is 0 Å². The first-order chi connectivity index (χ1) is 9.48. The van der Waals surface area contributed by atoms with Crippen LogP contribution in [0.5, 0.6) is 0 Å².